The molecular formula is C92H116N22O7. The highest BCUT2D eigenvalue weighted by Gasteiger charge is 2.40. The Morgan fingerprint density at radius 1 is 0.479 bits per heavy atom. The van der Waals surface area contributed by atoms with Crippen LogP contribution in [0.5, 0.6) is 23.8 Å². The zero-order chi connectivity index (χ0) is 84.5. The first-order valence-electron chi connectivity index (χ1n) is 43.2. The van der Waals surface area contributed by atoms with Crippen molar-refractivity contribution in [1.82, 2.24) is 63.9 Å². The summed E-state index contributed by atoms with van der Waals surface area (Å²) in [7, 11) is 8.52. The number of likely N-dealkylation sites (N-methyl/N-ethyl adjacent to an activating group) is 3. The summed E-state index contributed by atoms with van der Waals surface area (Å²) < 4.78 is 27.0. The molecule has 6 saturated heterocycles. The molecule has 6 fully saturated rings. The van der Waals surface area contributed by atoms with Gasteiger partial charge in [-0.05, 0) is 165 Å². The first kappa shape index (κ1) is 84.4. The molecule has 0 spiro atoms. The van der Waals surface area contributed by atoms with Crippen LogP contribution in [0.1, 0.15) is 109 Å². The maximum Gasteiger partial charge on any atom is 0.318 e. The van der Waals surface area contributed by atoms with Crippen LogP contribution in [0.15, 0.2) is 105 Å². The summed E-state index contributed by atoms with van der Waals surface area (Å²) >= 11 is 0. The van der Waals surface area contributed by atoms with Crippen molar-refractivity contribution in [3.8, 4) is 42.0 Å². The van der Waals surface area contributed by atoms with Crippen molar-refractivity contribution in [2.45, 2.75) is 154 Å². The maximum absolute atomic E-state index is 12.5. The van der Waals surface area contributed by atoms with Gasteiger partial charge >= 0.3 is 18.0 Å². The van der Waals surface area contributed by atoms with E-state index < -0.39 is 0 Å². The summed E-state index contributed by atoms with van der Waals surface area (Å²) in [5, 5.41) is 29.7. The van der Waals surface area contributed by atoms with E-state index in [1.807, 2.05) is 0 Å². The van der Waals surface area contributed by atoms with Gasteiger partial charge in [-0.1, -0.05) is 63.1 Å². The highest BCUT2D eigenvalue weighted by molar-refractivity contribution is 5.93. The number of aryl methyl sites for hydroxylation is 2. The van der Waals surface area contributed by atoms with Crippen molar-refractivity contribution >= 4 is 63.1 Å². The van der Waals surface area contributed by atoms with Crippen LogP contribution < -0.4 is 48.3 Å². The molecule has 0 unspecified atom stereocenters. The van der Waals surface area contributed by atoms with Gasteiger partial charge in [0.15, 0.2) is 0 Å². The topological polar surface area (TPSA) is 281 Å². The minimum absolute atomic E-state index is 0.132. The predicted molar refractivity (Wildman–Crippen MR) is 467 cm³/mol. The lowest BCUT2D eigenvalue weighted by molar-refractivity contribution is -0.129. The molecule has 14 heterocycles. The quantitative estimate of drug-likeness (QED) is 0.0606. The minimum Gasteiger partial charge on any atom is -0.491 e. The van der Waals surface area contributed by atoms with Crippen molar-refractivity contribution in [1.29, 1.82) is 15.8 Å². The van der Waals surface area contributed by atoms with Crippen LogP contribution in [-0.2, 0) is 66.7 Å². The van der Waals surface area contributed by atoms with Gasteiger partial charge in [-0.25, -0.2) is 0 Å². The van der Waals surface area contributed by atoms with Crippen molar-refractivity contribution in [2.24, 2.45) is 13.0 Å². The van der Waals surface area contributed by atoms with Crippen LogP contribution in [0, 0.1) is 53.8 Å². The Balaban J connectivity index is 0.000000141. The SMILES string of the molecule is C=CC(=O)N1CCN(c2nc(OC[C@@H]3CCCN3C)nc3c2CCN(c2cccc4c2OCC4)C3)C[C@@H]1CC#N.C=CC(=O)N1CCN(c2nc(OC[C@@H]3CCCN3C)nc3c2CCN(c2cccc4ccn(C)c24)C3)C[C@@H]1CC#N.C=CC(=O)N1CCN(c2nc(OC[C@@H]3C[C@@H](C)CN3C)nc3c2CCN(c2cccc(C)c2C)C3)C[C@@H]1CC#N. The Hall–Kier alpha value is -11.6. The molecule has 0 radical (unpaired) electrons. The second-order valence-corrected chi connectivity index (χ2v) is 34.0. The predicted octanol–water partition coefficient (Wildman–Crippen LogP) is 9.18. The number of rotatable bonds is 21. The molecular weight excluding hydrogens is 1530 g/mol. The third kappa shape index (κ3) is 18.5. The van der Waals surface area contributed by atoms with Crippen LogP contribution in [0.4, 0.5) is 34.5 Å². The zero-order valence-corrected chi connectivity index (χ0v) is 71.5. The highest BCUT2D eigenvalue weighted by Crippen LogP contribution is 2.42. The van der Waals surface area contributed by atoms with Crippen LogP contribution in [-0.4, -0.2) is 264 Å². The molecule has 636 valence electrons. The van der Waals surface area contributed by atoms with Crippen molar-refractivity contribution in [3.05, 3.63) is 155 Å². The first-order chi connectivity index (χ1) is 58.8. The van der Waals surface area contributed by atoms with Gasteiger partial charge in [0.05, 0.1) is 116 Å². The second-order valence-electron chi connectivity index (χ2n) is 34.0. The van der Waals surface area contributed by atoms with Crippen LogP contribution in [0.2, 0.25) is 0 Å². The first-order valence-corrected chi connectivity index (χ1v) is 43.2. The number of hydrogen-bond acceptors (Lipinski definition) is 25. The monoisotopic (exact) mass is 1640 g/mol. The second kappa shape index (κ2) is 38.0. The molecule has 121 heavy (non-hydrogen) atoms. The standard InChI is InChI=1S/C31H38N8O2.C31H41N7O2.C30H37N7O3/c1-4-28(40)39-18-17-38(19-23(39)10-13-32)30-25-12-16-37(27-9-5-7-22-11-15-36(3)29(22)27)20-26(25)33-31(34-30)41-21-24-8-6-14-35(24)2;1-6-29(39)38-15-14-37(18-24(38)10-12-32)30-26-11-13-36(28-9-7-8-22(3)23(28)4)19-27(26)33-31(34-30)40-20-25-16-21(2)17-35(25)5;1-3-27(38)37-16-15-36(18-22(37)9-12-31)29-24-10-14-35(26-8-4-6-21-11-17-39-28(21)26)19-25(24)32-30(33-29)40-20-23-7-5-13-34(23)2/h4-5,7,9,11,15,23-24H,1,6,8,10,12,14,16-21H2,2-3H3;6-9,21,24-25H,1,10-11,13-20H2,2-5H3;3-4,6,8,22-23H,1,5,7,9-11,13-20H2,2H3/t23-,24-;21-,24+,25+;22-,23-/m010/s1. The number of fused-ring (bicyclic) bond motifs is 5. The maximum atomic E-state index is 12.5. The van der Waals surface area contributed by atoms with Gasteiger partial charge in [-0.2, -0.15) is 45.7 Å². The molecule has 3 amide bonds. The molecule has 17 rings (SSSR count). The number of carbonyl (C=O) groups is 3. The van der Waals surface area contributed by atoms with Crippen molar-refractivity contribution in [2.75, 3.05) is 175 Å². The number of ether oxygens (including phenoxy) is 4. The summed E-state index contributed by atoms with van der Waals surface area (Å²) in [5.41, 5.74) is 14.9. The molecule has 0 N–H and O–H groups in total. The van der Waals surface area contributed by atoms with E-state index in [4.69, 9.17) is 48.9 Å². The van der Waals surface area contributed by atoms with E-state index in [2.05, 4.69) is 202 Å². The fraction of sp³-hybridized carbons (Fsp3) is 0.522. The van der Waals surface area contributed by atoms with Gasteiger partial charge in [0, 0.05) is 151 Å². The summed E-state index contributed by atoms with van der Waals surface area (Å²) in [6.45, 7) is 32.7. The third-order valence-corrected chi connectivity index (χ3v) is 26.4. The highest BCUT2D eigenvalue weighted by atomic mass is 16.5. The lowest BCUT2D eigenvalue weighted by Gasteiger charge is -2.42. The van der Waals surface area contributed by atoms with E-state index in [1.165, 1.54) is 70.0 Å². The average Bonchev–Trinajstić information content (AvgIpc) is 1.67. The Bertz CT molecular complexity index is 5110. The van der Waals surface area contributed by atoms with Gasteiger partial charge in [-0.15, -0.1) is 0 Å². The summed E-state index contributed by atoms with van der Waals surface area (Å²) in [6.07, 6.45) is 15.9. The molecule has 7 atom stereocenters. The fourth-order valence-electron chi connectivity index (χ4n) is 19.5. The van der Waals surface area contributed by atoms with E-state index in [0.717, 1.165) is 153 Å². The number of nitrogens with zero attached hydrogens (tertiary/aromatic N) is 22. The summed E-state index contributed by atoms with van der Waals surface area (Å²) in [4.78, 5) is 93.4. The van der Waals surface area contributed by atoms with Gasteiger partial charge in [0.2, 0.25) is 17.7 Å². The third-order valence-electron chi connectivity index (χ3n) is 26.4. The fourth-order valence-corrected chi connectivity index (χ4v) is 19.5. The largest absolute Gasteiger partial charge is 0.491 e. The number of benzene rings is 3. The average molecular weight is 1640 g/mol. The summed E-state index contributed by atoms with van der Waals surface area (Å²) in [5.74, 6) is 3.85. The number of carbonyl (C=O) groups excluding carboxylic acids is 3. The van der Waals surface area contributed by atoms with Gasteiger partial charge in [0.1, 0.15) is 43.0 Å². The molecule has 3 aromatic carbocycles. The van der Waals surface area contributed by atoms with E-state index >= 15 is 0 Å². The zero-order valence-electron chi connectivity index (χ0n) is 71.5. The summed E-state index contributed by atoms with van der Waals surface area (Å²) in [6, 6.07) is 29.8. The van der Waals surface area contributed by atoms with Crippen LogP contribution in [0.3, 0.4) is 0 Å². The number of piperazine rings is 3. The van der Waals surface area contributed by atoms with Crippen LogP contribution in [0.25, 0.3) is 10.9 Å². The lowest BCUT2D eigenvalue weighted by Crippen LogP contribution is -2.55. The number of anilines is 6. The Labute approximate surface area is 711 Å². The number of nitriles is 3. The number of likely N-dealkylation sites (tertiary alicyclic amines) is 3. The van der Waals surface area contributed by atoms with E-state index in [0.29, 0.717) is 140 Å². The number of amides is 3. The minimum atomic E-state index is -0.226. The Kier molecular flexibility index (Phi) is 26.5. The normalized spacial score (nSPS) is 22.2. The Morgan fingerprint density at radius 3 is 1.35 bits per heavy atom. The van der Waals surface area contributed by atoms with Gasteiger partial charge in [-0.3, -0.25) is 19.3 Å². The molecule has 29 heteroatoms. The number of para-hydroxylation sites is 2. The molecule has 29 nitrogen and oxygen atoms in total. The molecule has 0 bridgehead atoms. The number of aromatic nitrogens is 7. The molecule has 10 aliphatic rings. The van der Waals surface area contributed by atoms with Crippen LogP contribution >= 0.6 is 0 Å². The van der Waals surface area contributed by atoms with Gasteiger partial charge < -0.3 is 77.4 Å². The van der Waals surface area contributed by atoms with Crippen molar-refractivity contribution < 1.29 is 33.3 Å². The van der Waals surface area contributed by atoms with Gasteiger partial charge in [0.25, 0.3) is 0 Å². The molecule has 4 aromatic heterocycles. The van der Waals surface area contributed by atoms with E-state index in [1.54, 1.807) is 14.7 Å². The lowest BCUT2D eigenvalue weighted by atomic mass is 10.0. The molecule has 0 saturated carbocycles. The van der Waals surface area contributed by atoms with E-state index in [9.17, 15) is 30.2 Å². The molecule has 0 aliphatic carbocycles. The number of hydrogen-bond donors (Lipinski definition) is 0. The smallest absolute Gasteiger partial charge is 0.318 e. The molecule has 7 aromatic rings. The Morgan fingerprint density at radius 2 is 0.909 bits per heavy atom. The van der Waals surface area contributed by atoms with Crippen molar-refractivity contribution in [3.63, 3.8) is 0 Å². The van der Waals surface area contributed by atoms with E-state index in [-0.39, 0.29) is 55.1 Å². The molecule has 10 aliphatic heterocycles.